The van der Waals surface area contributed by atoms with Crippen molar-refractivity contribution < 1.29 is 4.74 Å². The van der Waals surface area contributed by atoms with E-state index in [2.05, 4.69) is 23.7 Å². The number of hydrogen-bond donors (Lipinski definition) is 0. The SMILES string of the molecule is CC(C)C1CCN2c3ncc(Cl)cc3OCC2C1. The first-order valence-electron chi connectivity index (χ1n) is 6.70. The van der Waals surface area contributed by atoms with Crippen molar-refractivity contribution in [2.45, 2.75) is 32.7 Å². The molecule has 0 N–H and O–H groups in total. The van der Waals surface area contributed by atoms with Crippen molar-refractivity contribution in [3.05, 3.63) is 17.3 Å². The van der Waals surface area contributed by atoms with Gasteiger partial charge in [-0.05, 0) is 24.7 Å². The highest BCUT2D eigenvalue weighted by Crippen LogP contribution is 2.39. The molecule has 3 heterocycles. The van der Waals surface area contributed by atoms with Gasteiger partial charge in [-0.2, -0.15) is 0 Å². The molecule has 0 amide bonds. The zero-order valence-corrected chi connectivity index (χ0v) is 11.7. The van der Waals surface area contributed by atoms with Gasteiger partial charge < -0.3 is 9.64 Å². The molecule has 1 saturated heterocycles. The maximum atomic E-state index is 5.96. The van der Waals surface area contributed by atoms with Crippen LogP contribution in [-0.2, 0) is 0 Å². The lowest BCUT2D eigenvalue weighted by molar-refractivity contribution is 0.189. The van der Waals surface area contributed by atoms with Crippen LogP contribution in [0, 0.1) is 11.8 Å². The van der Waals surface area contributed by atoms with E-state index >= 15 is 0 Å². The molecule has 2 unspecified atom stereocenters. The predicted molar refractivity (Wildman–Crippen MR) is 73.4 cm³/mol. The quantitative estimate of drug-likeness (QED) is 0.779. The van der Waals surface area contributed by atoms with Gasteiger partial charge in [-0.15, -0.1) is 0 Å². The van der Waals surface area contributed by atoms with Crippen LogP contribution in [-0.4, -0.2) is 24.2 Å². The van der Waals surface area contributed by atoms with Crippen LogP contribution in [0.5, 0.6) is 5.75 Å². The Hall–Kier alpha value is -0.960. The van der Waals surface area contributed by atoms with Crippen molar-refractivity contribution in [2.75, 3.05) is 18.1 Å². The van der Waals surface area contributed by atoms with E-state index in [-0.39, 0.29) is 0 Å². The van der Waals surface area contributed by atoms with Crippen LogP contribution in [0.25, 0.3) is 0 Å². The van der Waals surface area contributed by atoms with Crippen molar-refractivity contribution >= 4 is 17.4 Å². The zero-order valence-electron chi connectivity index (χ0n) is 10.9. The number of pyridine rings is 1. The van der Waals surface area contributed by atoms with Crippen LogP contribution in [0.4, 0.5) is 5.82 Å². The van der Waals surface area contributed by atoms with E-state index in [4.69, 9.17) is 16.3 Å². The molecule has 0 aliphatic carbocycles. The van der Waals surface area contributed by atoms with Gasteiger partial charge in [-0.25, -0.2) is 4.98 Å². The standard InChI is InChI=1S/C14H19ClN2O/c1-9(2)10-3-4-17-12(5-10)8-18-13-6-11(15)7-16-14(13)17/h6-7,9-10,12H,3-5,8H2,1-2H3. The van der Waals surface area contributed by atoms with E-state index < -0.39 is 0 Å². The zero-order chi connectivity index (χ0) is 12.7. The van der Waals surface area contributed by atoms with Gasteiger partial charge in [-0.1, -0.05) is 25.4 Å². The Morgan fingerprint density at radius 2 is 2.33 bits per heavy atom. The summed E-state index contributed by atoms with van der Waals surface area (Å²) in [6.07, 6.45) is 4.17. The second kappa shape index (κ2) is 4.61. The number of fused-ring (bicyclic) bond motifs is 3. The number of aromatic nitrogens is 1. The topological polar surface area (TPSA) is 25.4 Å². The van der Waals surface area contributed by atoms with Crippen LogP contribution in [0.2, 0.25) is 5.02 Å². The van der Waals surface area contributed by atoms with E-state index in [1.807, 2.05) is 6.07 Å². The number of anilines is 1. The fourth-order valence-electron chi connectivity index (χ4n) is 3.05. The third kappa shape index (κ3) is 2.05. The van der Waals surface area contributed by atoms with Crippen molar-refractivity contribution in [1.29, 1.82) is 0 Å². The van der Waals surface area contributed by atoms with Gasteiger partial charge in [0.15, 0.2) is 11.6 Å². The number of nitrogens with zero attached hydrogens (tertiary/aromatic N) is 2. The molecular formula is C14H19ClN2O. The van der Waals surface area contributed by atoms with Crippen molar-refractivity contribution in [3.8, 4) is 5.75 Å². The van der Waals surface area contributed by atoms with Gasteiger partial charge in [0.25, 0.3) is 0 Å². The molecule has 0 spiro atoms. The Morgan fingerprint density at radius 3 is 3.11 bits per heavy atom. The first kappa shape index (κ1) is 12.1. The molecule has 2 aliphatic rings. The summed E-state index contributed by atoms with van der Waals surface area (Å²) in [6.45, 7) is 6.47. The summed E-state index contributed by atoms with van der Waals surface area (Å²) in [7, 11) is 0. The Bertz CT molecular complexity index is 449. The maximum Gasteiger partial charge on any atom is 0.171 e. The average molecular weight is 267 g/mol. The molecule has 0 bridgehead atoms. The van der Waals surface area contributed by atoms with Gasteiger partial charge in [0.1, 0.15) is 6.61 Å². The summed E-state index contributed by atoms with van der Waals surface area (Å²) in [4.78, 5) is 6.84. The maximum absolute atomic E-state index is 5.96. The molecule has 0 radical (unpaired) electrons. The van der Waals surface area contributed by atoms with Crippen LogP contribution in [0.3, 0.4) is 0 Å². The van der Waals surface area contributed by atoms with E-state index in [0.29, 0.717) is 11.1 Å². The van der Waals surface area contributed by atoms with Crippen LogP contribution >= 0.6 is 11.6 Å². The second-order valence-electron chi connectivity index (χ2n) is 5.66. The summed E-state index contributed by atoms with van der Waals surface area (Å²) >= 11 is 5.96. The molecule has 4 heteroatoms. The van der Waals surface area contributed by atoms with E-state index in [9.17, 15) is 0 Å². The summed E-state index contributed by atoms with van der Waals surface area (Å²) in [6, 6.07) is 2.35. The smallest absolute Gasteiger partial charge is 0.171 e. The first-order valence-corrected chi connectivity index (χ1v) is 7.08. The minimum Gasteiger partial charge on any atom is -0.488 e. The van der Waals surface area contributed by atoms with Crippen LogP contribution < -0.4 is 9.64 Å². The van der Waals surface area contributed by atoms with Gasteiger partial charge in [-0.3, -0.25) is 0 Å². The normalized spacial score (nSPS) is 26.6. The molecule has 1 aromatic rings. The number of hydrogen-bond acceptors (Lipinski definition) is 3. The fourth-order valence-corrected chi connectivity index (χ4v) is 3.19. The second-order valence-corrected chi connectivity index (χ2v) is 6.10. The molecule has 1 aromatic heterocycles. The molecule has 2 aliphatic heterocycles. The fraction of sp³-hybridized carbons (Fsp3) is 0.643. The number of piperidine rings is 1. The predicted octanol–water partition coefficient (Wildman–Crippen LogP) is 3.37. The lowest BCUT2D eigenvalue weighted by Gasteiger charge is -2.44. The number of rotatable bonds is 1. The first-order chi connectivity index (χ1) is 8.65. The lowest BCUT2D eigenvalue weighted by Crippen LogP contribution is -2.49. The Labute approximate surface area is 113 Å². The number of halogens is 1. The van der Waals surface area contributed by atoms with Crippen molar-refractivity contribution in [3.63, 3.8) is 0 Å². The lowest BCUT2D eigenvalue weighted by atomic mass is 9.83. The molecule has 1 fully saturated rings. The van der Waals surface area contributed by atoms with Crippen LogP contribution in [0.1, 0.15) is 26.7 Å². The molecule has 2 atom stereocenters. The van der Waals surface area contributed by atoms with Crippen molar-refractivity contribution in [1.82, 2.24) is 4.98 Å². The van der Waals surface area contributed by atoms with Gasteiger partial charge in [0.05, 0.1) is 11.1 Å². The molecule has 0 aromatic carbocycles. The Kier molecular flexibility index (Phi) is 3.10. The van der Waals surface area contributed by atoms with Crippen molar-refractivity contribution in [2.24, 2.45) is 11.8 Å². The Balaban J connectivity index is 1.84. The Morgan fingerprint density at radius 1 is 1.50 bits per heavy atom. The summed E-state index contributed by atoms with van der Waals surface area (Å²) < 4.78 is 5.81. The summed E-state index contributed by atoms with van der Waals surface area (Å²) in [5.74, 6) is 3.37. The molecule has 18 heavy (non-hydrogen) atoms. The largest absolute Gasteiger partial charge is 0.488 e. The van der Waals surface area contributed by atoms with Gasteiger partial charge in [0, 0.05) is 18.8 Å². The summed E-state index contributed by atoms with van der Waals surface area (Å²) in [5.41, 5.74) is 0. The highest BCUT2D eigenvalue weighted by atomic mass is 35.5. The molecular weight excluding hydrogens is 248 g/mol. The van der Waals surface area contributed by atoms with Gasteiger partial charge in [0.2, 0.25) is 0 Å². The van der Waals surface area contributed by atoms with E-state index in [0.717, 1.165) is 36.6 Å². The molecule has 3 nitrogen and oxygen atoms in total. The van der Waals surface area contributed by atoms with E-state index in [1.54, 1.807) is 6.20 Å². The van der Waals surface area contributed by atoms with Gasteiger partial charge >= 0.3 is 0 Å². The highest BCUT2D eigenvalue weighted by Gasteiger charge is 2.35. The number of ether oxygens (including phenoxy) is 1. The minimum absolute atomic E-state index is 0.479. The average Bonchev–Trinajstić information content (AvgIpc) is 2.37. The highest BCUT2D eigenvalue weighted by molar-refractivity contribution is 6.30. The minimum atomic E-state index is 0.479. The van der Waals surface area contributed by atoms with E-state index in [1.165, 1.54) is 12.8 Å². The molecule has 0 saturated carbocycles. The third-order valence-corrected chi connectivity index (χ3v) is 4.41. The molecule has 3 rings (SSSR count). The van der Waals surface area contributed by atoms with Crippen LogP contribution in [0.15, 0.2) is 12.3 Å². The third-order valence-electron chi connectivity index (χ3n) is 4.20. The monoisotopic (exact) mass is 266 g/mol. The molecule has 98 valence electrons. The summed E-state index contributed by atoms with van der Waals surface area (Å²) in [5, 5.41) is 0.643.